The van der Waals surface area contributed by atoms with Crippen molar-refractivity contribution in [1.82, 2.24) is 4.98 Å². The molecule has 0 aliphatic rings. The molecule has 5 nitrogen and oxygen atoms in total. The van der Waals surface area contributed by atoms with E-state index >= 15 is 0 Å². The van der Waals surface area contributed by atoms with Crippen molar-refractivity contribution in [2.45, 2.75) is 32.7 Å². The highest BCUT2D eigenvalue weighted by Crippen LogP contribution is 2.22. The monoisotopic (exact) mass is 335 g/mol. The molecule has 0 amide bonds. The van der Waals surface area contributed by atoms with Crippen molar-refractivity contribution in [3.05, 3.63) is 58.9 Å². The molecule has 6 heteroatoms. The number of carbonyl (C=O) groups excluding carboxylic acids is 1. The third kappa shape index (κ3) is 4.94. The van der Waals surface area contributed by atoms with E-state index in [1.807, 2.05) is 0 Å². The van der Waals surface area contributed by atoms with Crippen LogP contribution in [0.4, 0.5) is 0 Å². The SMILES string of the molecule is CC(C)(Oc1ccc(Cl)cc1)C(=O)OCc1cccc(CO)n1. The standard InChI is InChI=1S/C17H18ClNO4/c1-17(2,23-15-8-6-12(18)7-9-15)16(21)22-11-14-5-3-4-13(10-20)19-14/h3-9,20H,10-11H2,1-2H3. The van der Waals surface area contributed by atoms with E-state index in [1.54, 1.807) is 56.3 Å². The molecule has 1 heterocycles. The molecule has 0 unspecified atom stereocenters. The van der Waals surface area contributed by atoms with Gasteiger partial charge in [-0.2, -0.15) is 0 Å². The van der Waals surface area contributed by atoms with E-state index in [4.69, 9.17) is 26.2 Å². The average Bonchev–Trinajstić information content (AvgIpc) is 2.54. The average molecular weight is 336 g/mol. The lowest BCUT2D eigenvalue weighted by molar-refractivity contribution is -0.160. The molecule has 0 spiro atoms. The number of aromatic nitrogens is 1. The maximum atomic E-state index is 12.2. The Morgan fingerprint density at radius 1 is 1.17 bits per heavy atom. The second-order valence-electron chi connectivity index (χ2n) is 5.42. The molecule has 122 valence electrons. The van der Waals surface area contributed by atoms with Crippen molar-refractivity contribution >= 4 is 17.6 Å². The zero-order chi connectivity index (χ0) is 16.9. The second kappa shape index (κ2) is 7.44. The molecular formula is C17H18ClNO4. The molecule has 1 aromatic carbocycles. The molecule has 0 bridgehead atoms. The molecule has 1 aromatic heterocycles. The fraction of sp³-hybridized carbons (Fsp3) is 0.294. The van der Waals surface area contributed by atoms with Gasteiger partial charge in [-0.3, -0.25) is 4.98 Å². The van der Waals surface area contributed by atoms with E-state index in [-0.39, 0.29) is 13.2 Å². The van der Waals surface area contributed by atoms with Crippen LogP contribution in [-0.2, 0) is 22.7 Å². The molecule has 0 saturated heterocycles. The van der Waals surface area contributed by atoms with E-state index in [0.717, 1.165) is 0 Å². The van der Waals surface area contributed by atoms with Crippen LogP contribution in [-0.4, -0.2) is 21.7 Å². The Morgan fingerprint density at radius 3 is 2.48 bits per heavy atom. The smallest absolute Gasteiger partial charge is 0.350 e. The summed E-state index contributed by atoms with van der Waals surface area (Å²) >= 11 is 5.82. The Hall–Kier alpha value is -2.11. The molecule has 1 N–H and O–H groups in total. The van der Waals surface area contributed by atoms with Gasteiger partial charge < -0.3 is 14.6 Å². The number of aliphatic hydroxyl groups is 1. The highest BCUT2D eigenvalue weighted by atomic mass is 35.5. The minimum Gasteiger partial charge on any atom is -0.476 e. The van der Waals surface area contributed by atoms with Gasteiger partial charge in [0.1, 0.15) is 12.4 Å². The third-order valence-electron chi connectivity index (χ3n) is 3.06. The molecule has 0 saturated carbocycles. The summed E-state index contributed by atoms with van der Waals surface area (Å²) < 4.78 is 10.9. The summed E-state index contributed by atoms with van der Waals surface area (Å²) in [6.45, 7) is 3.11. The molecule has 0 fully saturated rings. The Bertz CT molecular complexity index is 671. The van der Waals surface area contributed by atoms with E-state index in [9.17, 15) is 4.79 Å². The number of aliphatic hydroxyl groups excluding tert-OH is 1. The van der Waals surface area contributed by atoms with Crippen LogP contribution in [0.2, 0.25) is 5.02 Å². The minimum atomic E-state index is -1.15. The topological polar surface area (TPSA) is 68.7 Å². The molecule has 2 aromatic rings. The highest BCUT2D eigenvalue weighted by molar-refractivity contribution is 6.30. The van der Waals surface area contributed by atoms with Gasteiger partial charge in [0.15, 0.2) is 5.60 Å². The fourth-order valence-corrected chi connectivity index (χ4v) is 1.98. The Labute approximate surface area is 139 Å². The van der Waals surface area contributed by atoms with Crippen LogP contribution >= 0.6 is 11.6 Å². The van der Waals surface area contributed by atoms with Gasteiger partial charge >= 0.3 is 5.97 Å². The number of ether oxygens (including phenoxy) is 2. The van der Waals surface area contributed by atoms with Gasteiger partial charge in [-0.15, -0.1) is 0 Å². The van der Waals surface area contributed by atoms with Crippen molar-refractivity contribution in [2.75, 3.05) is 0 Å². The molecular weight excluding hydrogens is 318 g/mol. The van der Waals surface area contributed by atoms with Gasteiger partial charge in [0.25, 0.3) is 0 Å². The van der Waals surface area contributed by atoms with Crippen molar-refractivity contribution in [1.29, 1.82) is 0 Å². The van der Waals surface area contributed by atoms with Gasteiger partial charge in [-0.05, 0) is 50.2 Å². The number of rotatable bonds is 6. The van der Waals surface area contributed by atoms with E-state index in [2.05, 4.69) is 4.98 Å². The van der Waals surface area contributed by atoms with Crippen molar-refractivity contribution < 1.29 is 19.4 Å². The third-order valence-corrected chi connectivity index (χ3v) is 3.31. The van der Waals surface area contributed by atoms with E-state index in [1.165, 1.54) is 0 Å². The summed E-state index contributed by atoms with van der Waals surface area (Å²) in [6, 6.07) is 11.9. The minimum absolute atomic E-state index is 0.0140. The maximum absolute atomic E-state index is 12.2. The molecule has 0 aliphatic heterocycles. The van der Waals surface area contributed by atoms with Crippen LogP contribution in [0.25, 0.3) is 0 Å². The number of halogens is 1. The summed E-state index contributed by atoms with van der Waals surface area (Å²) in [5, 5.41) is 9.64. The summed E-state index contributed by atoms with van der Waals surface area (Å²) in [5.41, 5.74) is -0.0648. The first-order chi connectivity index (χ1) is 10.9. The predicted octanol–water partition coefficient (Wildman–Crippen LogP) is 3.13. The summed E-state index contributed by atoms with van der Waals surface area (Å²) in [4.78, 5) is 16.4. The zero-order valence-electron chi connectivity index (χ0n) is 13.0. The van der Waals surface area contributed by atoms with Crippen LogP contribution in [0.15, 0.2) is 42.5 Å². The van der Waals surface area contributed by atoms with E-state index < -0.39 is 11.6 Å². The van der Waals surface area contributed by atoms with Crippen molar-refractivity contribution in [3.63, 3.8) is 0 Å². The van der Waals surface area contributed by atoms with Crippen molar-refractivity contribution in [2.24, 2.45) is 0 Å². The number of nitrogens with zero attached hydrogens (tertiary/aromatic N) is 1. The number of esters is 1. The molecule has 0 radical (unpaired) electrons. The van der Waals surface area contributed by atoms with Crippen LogP contribution in [0.1, 0.15) is 25.2 Å². The number of hydrogen-bond acceptors (Lipinski definition) is 5. The highest BCUT2D eigenvalue weighted by Gasteiger charge is 2.32. The predicted molar refractivity (Wildman–Crippen MR) is 86.1 cm³/mol. The lowest BCUT2D eigenvalue weighted by Crippen LogP contribution is -2.39. The van der Waals surface area contributed by atoms with Gasteiger partial charge in [0.05, 0.1) is 18.0 Å². The van der Waals surface area contributed by atoms with Gasteiger partial charge in [-0.25, -0.2) is 4.79 Å². The number of pyridine rings is 1. The van der Waals surface area contributed by atoms with Gasteiger partial charge in [-0.1, -0.05) is 17.7 Å². The lowest BCUT2D eigenvalue weighted by atomic mass is 10.1. The lowest BCUT2D eigenvalue weighted by Gasteiger charge is -2.24. The van der Waals surface area contributed by atoms with Crippen molar-refractivity contribution in [3.8, 4) is 5.75 Å². The van der Waals surface area contributed by atoms with Crippen LogP contribution in [0.5, 0.6) is 5.75 Å². The van der Waals surface area contributed by atoms with Gasteiger partial charge in [0, 0.05) is 5.02 Å². The largest absolute Gasteiger partial charge is 0.476 e. The summed E-state index contributed by atoms with van der Waals surface area (Å²) in [5.74, 6) is 0.0143. The molecule has 0 atom stereocenters. The fourth-order valence-electron chi connectivity index (χ4n) is 1.85. The molecule has 2 rings (SSSR count). The van der Waals surface area contributed by atoms with Crippen LogP contribution in [0, 0.1) is 0 Å². The van der Waals surface area contributed by atoms with E-state index in [0.29, 0.717) is 22.2 Å². The quantitative estimate of drug-likeness (QED) is 0.821. The first-order valence-electron chi connectivity index (χ1n) is 7.08. The first kappa shape index (κ1) is 17.2. The van der Waals surface area contributed by atoms with Gasteiger partial charge in [0.2, 0.25) is 0 Å². The number of carbonyl (C=O) groups is 1. The zero-order valence-corrected chi connectivity index (χ0v) is 13.7. The number of hydrogen-bond donors (Lipinski definition) is 1. The first-order valence-corrected chi connectivity index (χ1v) is 7.46. The summed E-state index contributed by atoms with van der Waals surface area (Å²) in [7, 11) is 0. The van der Waals surface area contributed by atoms with Crippen LogP contribution in [0.3, 0.4) is 0 Å². The molecule has 0 aliphatic carbocycles. The summed E-state index contributed by atoms with van der Waals surface area (Å²) in [6.07, 6.45) is 0. The van der Waals surface area contributed by atoms with Crippen LogP contribution < -0.4 is 4.74 Å². The normalized spacial score (nSPS) is 11.1. The maximum Gasteiger partial charge on any atom is 0.350 e. The molecule has 23 heavy (non-hydrogen) atoms. The Kier molecular flexibility index (Phi) is 5.58. The Morgan fingerprint density at radius 2 is 1.83 bits per heavy atom. The second-order valence-corrected chi connectivity index (χ2v) is 5.86. The Balaban J connectivity index is 1.96. The number of benzene rings is 1.